The smallest absolute Gasteiger partial charge is 0.414 e. The van der Waals surface area contributed by atoms with Crippen molar-refractivity contribution >= 4 is 17.8 Å². The second-order valence-electron chi connectivity index (χ2n) is 4.54. The van der Waals surface area contributed by atoms with Crippen LogP contribution in [0.3, 0.4) is 0 Å². The summed E-state index contributed by atoms with van der Waals surface area (Å²) < 4.78 is 4.38. The first-order valence-corrected chi connectivity index (χ1v) is 6.40. The molecule has 0 radical (unpaired) electrons. The normalized spacial score (nSPS) is 14.7. The molecule has 11 nitrogen and oxygen atoms in total. The second kappa shape index (κ2) is 7.93. The summed E-state index contributed by atoms with van der Waals surface area (Å²) in [5.74, 6) is -4.45. The maximum Gasteiger partial charge on any atom is 0.414 e. The highest BCUT2D eigenvalue weighted by Gasteiger charge is 2.26. The van der Waals surface area contributed by atoms with Gasteiger partial charge in [0.15, 0.2) is 0 Å². The maximum absolute atomic E-state index is 11.1. The molecular formula is C11H16N4O7. The summed E-state index contributed by atoms with van der Waals surface area (Å²) in [5.41, 5.74) is 5.22. The number of aliphatic carboxylic acids is 2. The fourth-order valence-electron chi connectivity index (χ4n) is 1.94. The number of carboxylic acid groups (broad SMARTS) is 2. The van der Waals surface area contributed by atoms with Crippen molar-refractivity contribution in [2.45, 2.75) is 25.8 Å². The molecule has 0 spiro atoms. The summed E-state index contributed by atoms with van der Waals surface area (Å²) in [4.78, 5) is 31.4. The van der Waals surface area contributed by atoms with Gasteiger partial charge < -0.3 is 21.2 Å². The van der Waals surface area contributed by atoms with Gasteiger partial charge in [-0.15, -0.1) is 0 Å². The minimum absolute atomic E-state index is 0.0710. The molecule has 2 rings (SSSR count). The molecule has 0 atom stereocenters. The van der Waals surface area contributed by atoms with Gasteiger partial charge in [0.05, 0.1) is 6.54 Å². The number of likely N-dealkylation sites (tertiary alicyclic amines) is 1. The lowest BCUT2D eigenvalue weighted by molar-refractivity contribution is -0.803. The van der Waals surface area contributed by atoms with Crippen LogP contribution >= 0.6 is 0 Å². The Morgan fingerprint density at radius 2 is 1.77 bits per heavy atom. The molecule has 0 aromatic carbocycles. The van der Waals surface area contributed by atoms with Gasteiger partial charge in [0, 0.05) is 5.16 Å². The van der Waals surface area contributed by atoms with Gasteiger partial charge in [-0.05, 0) is 30.8 Å². The summed E-state index contributed by atoms with van der Waals surface area (Å²) in [7, 11) is 0. The average molecular weight is 316 g/mol. The van der Waals surface area contributed by atoms with Crippen LogP contribution < -0.4 is 10.6 Å². The molecule has 0 unspecified atom stereocenters. The van der Waals surface area contributed by atoms with E-state index < -0.39 is 17.8 Å². The molecule has 2 heterocycles. The predicted octanol–water partition coefficient (Wildman–Crippen LogP) is -1.45. The van der Waals surface area contributed by atoms with Crippen molar-refractivity contribution in [3.05, 3.63) is 16.6 Å². The first-order chi connectivity index (χ1) is 10.3. The van der Waals surface area contributed by atoms with Crippen molar-refractivity contribution in [2.24, 2.45) is 5.73 Å². The van der Waals surface area contributed by atoms with Gasteiger partial charge in [-0.2, -0.15) is 0 Å². The fraction of sp³-hybridized carbons (Fsp3) is 0.545. The van der Waals surface area contributed by atoms with Crippen molar-refractivity contribution in [3.8, 4) is 0 Å². The monoisotopic (exact) mass is 316 g/mol. The average Bonchev–Trinajstić information content (AvgIpc) is 2.81. The Morgan fingerprint density at radius 1 is 1.23 bits per heavy atom. The molecule has 0 saturated carbocycles. The molecule has 1 aromatic heterocycles. The number of nitrogens with zero attached hydrogens (tertiary/aromatic N) is 3. The summed E-state index contributed by atoms with van der Waals surface area (Å²) in [6, 6.07) is 0. The standard InChI is InChI=1S/C9H14N4O3.C2H2O4/c10-9(14)8-7(11-16-13(8)15)6-12-4-2-1-3-5-12;3-1(4)2(5)6/h1-6H2,(H2,10,14);(H,3,4)(H,5,6). The van der Waals surface area contributed by atoms with Gasteiger partial charge >= 0.3 is 11.9 Å². The van der Waals surface area contributed by atoms with E-state index in [2.05, 4.69) is 14.7 Å². The minimum Gasteiger partial charge on any atom is -0.473 e. The molecule has 4 N–H and O–H groups in total. The van der Waals surface area contributed by atoms with Crippen LogP contribution in [0, 0.1) is 5.21 Å². The number of primary amides is 1. The van der Waals surface area contributed by atoms with E-state index in [1.807, 2.05) is 0 Å². The Morgan fingerprint density at radius 3 is 2.23 bits per heavy atom. The third kappa shape index (κ3) is 5.01. The van der Waals surface area contributed by atoms with Gasteiger partial charge in [-0.1, -0.05) is 6.42 Å². The van der Waals surface area contributed by atoms with E-state index in [9.17, 15) is 10.0 Å². The van der Waals surface area contributed by atoms with Crippen LogP contribution in [-0.4, -0.2) is 51.2 Å². The second-order valence-corrected chi connectivity index (χ2v) is 4.54. The largest absolute Gasteiger partial charge is 0.473 e. The molecule has 1 aliphatic heterocycles. The lowest BCUT2D eigenvalue weighted by Crippen LogP contribution is -2.36. The SMILES string of the molecule is NC(=O)c1c(CN2CCCCC2)no[n+]1[O-].O=C(O)C(=O)O. The Bertz CT molecular complexity index is 539. The summed E-state index contributed by atoms with van der Waals surface area (Å²) in [5, 5.41) is 29.4. The topological polar surface area (TPSA) is 174 Å². The number of amides is 1. The Kier molecular flexibility index (Phi) is 6.25. The van der Waals surface area contributed by atoms with E-state index in [1.54, 1.807) is 0 Å². The number of aromatic nitrogens is 2. The number of carbonyl (C=O) groups is 3. The molecule has 0 aliphatic carbocycles. The number of rotatable bonds is 3. The summed E-state index contributed by atoms with van der Waals surface area (Å²) >= 11 is 0. The third-order valence-electron chi connectivity index (χ3n) is 2.92. The molecule has 1 fully saturated rings. The van der Waals surface area contributed by atoms with Crippen LogP contribution in [0.2, 0.25) is 0 Å². The fourth-order valence-corrected chi connectivity index (χ4v) is 1.94. The molecule has 22 heavy (non-hydrogen) atoms. The molecule has 1 aromatic rings. The van der Waals surface area contributed by atoms with Crippen LogP contribution in [0.4, 0.5) is 0 Å². The first kappa shape index (κ1) is 17.4. The Hall–Kier alpha value is -2.69. The highest BCUT2D eigenvalue weighted by Crippen LogP contribution is 2.12. The van der Waals surface area contributed by atoms with Crippen LogP contribution in [-0.2, 0) is 16.1 Å². The van der Waals surface area contributed by atoms with Crippen LogP contribution in [0.1, 0.15) is 35.4 Å². The molecule has 11 heteroatoms. The molecule has 1 saturated heterocycles. The van der Waals surface area contributed by atoms with Gasteiger partial charge in [-0.3, -0.25) is 14.3 Å². The molecule has 122 valence electrons. The van der Waals surface area contributed by atoms with E-state index in [-0.39, 0.29) is 10.6 Å². The van der Waals surface area contributed by atoms with E-state index in [1.165, 1.54) is 6.42 Å². The Labute approximate surface area is 124 Å². The summed E-state index contributed by atoms with van der Waals surface area (Å²) in [6.07, 6.45) is 3.47. The van der Waals surface area contributed by atoms with Gasteiger partial charge in [-0.25, -0.2) is 9.59 Å². The molecule has 1 amide bonds. The number of carbonyl (C=O) groups excluding carboxylic acids is 1. The Balaban J connectivity index is 0.000000346. The molecule has 1 aliphatic rings. The number of hydrogen-bond acceptors (Lipinski definition) is 7. The highest BCUT2D eigenvalue weighted by molar-refractivity contribution is 6.27. The van der Waals surface area contributed by atoms with Crippen molar-refractivity contribution < 1.29 is 34.1 Å². The van der Waals surface area contributed by atoms with Crippen molar-refractivity contribution in [3.63, 3.8) is 0 Å². The minimum atomic E-state index is -1.82. The summed E-state index contributed by atoms with van der Waals surface area (Å²) in [6.45, 7) is 2.34. The van der Waals surface area contributed by atoms with Crippen molar-refractivity contribution in [2.75, 3.05) is 13.1 Å². The number of carboxylic acids is 2. The quantitative estimate of drug-likeness (QED) is 0.445. The van der Waals surface area contributed by atoms with Gasteiger partial charge in [0.2, 0.25) is 5.69 Å². The van der Waals surface area contributed by atoms with Crippen LogP contribution in [0.5, 0.6) is 0 Å². The zero-order valence-corrected chi connectivity index (χ0v) is 11.6. The third-order valence-corrected chi connectivity index (χ3v) is 2.92. The van der Waals surface area contributed by atoms with E-state index in [0.29, 0.717) is 12.2 Å². The van der Waals surface area contributed by atoms with Crippen molar-refractivity contribution in [1.29, 1.82) is 0 Å². The van der Waals surface area contributed by atoms with Crippen LogP contribution in [0.25, 0.3) is 0 Å². The number of nitrogens with two attached hydrogens (primary N) is 1. The first-order valence-electron chi connectivity index (χ1n) is 6.40. The van der Waals surface area contributed by atoms with Gasteiger partial charge in [0.1, 0.15) is 0 Å². The lowest BCUT2D eigenvalue weighted by Gasteiger charge is -2.24. The van der Waals surface area contributed by atoms with Crippen LogP contribution in [0.15, 0.2) is 4.63 Å². The van der Waals surface area contributed by atoms with Crippen molar-refractivity contribution in [1.82, 2.24) is 10.1 Å². The number of hydrogen-bond donors (Lipinski definition) is 3. The van der Waals surface area contributed by atoms with E-state index in [0.717, 1.165) is 25.9 Å². The van der Waals surface area contributed by atoms with E-state index >= 15 is 0 Å². The zero-order valence-electron chi connectivity index (χ0n) is 11.6. The number of piperidine rings is 1. The predicted molar refractivity (Wildman–Crippen MR) is 68.4 cm³/mol. The molecule has 0 bridgehead atoms. The van der Waals surface area contributed by atoms with E-state index in [4.69, 9.17) is 25.5 Å². The zero-order chi connectivity index (χ0) is 16.7. The lowest BCUT2D eigenvalue weighted by atomic mass is 10.1. The van der Waals surface area contributed by atoms with Gasteiger partial charge in [0.25, 0.3) is 11.6 Å². The highest BCUT2D eigenvalue weighted by atomic mass is 16.8. The molecular weight excluding hydrogens is 300 g/mol. The maximum atomic E-state index is 11.1.